The Morgan fingerprint density at radius 3 is 2.43 bits per heavy atom. The number of benzene rings is 1. The number of aliphatic hydroxyl groups excluding tert-OH is 2. The summed E-state index contributed by atoms with van der Waals surface area (Å²) in [6.45, 7) is 12.7. The van der Waals surface area contributed by atoms with E-state index in [1.54, 1.807) is 5.57 Å². The van der Waals surface area contributed by atoms with Gasteiger partial charge in [-0.3, -0.25) is 9.59 Å². The van der Waals surface area contributed by atoms with E-state index >= 15 is 0 Å². The van der Waals surface area contributed by atoms with Gasteiger partial charge in [-0.2, -0.15) is 0 Å². The number of aliphatic carboxylic acids is 1. The number of fused-ring (bicyclic) bond motifs is 9. The highest BCUT2D eigenvalue weighted by Gasteiger charge is 2.66. The molecule has 8 heteroatoms. The highest BCUT2D eigenvalue weighted by atomic mass is 16.5. The van der Waals surface area contributed by atoms with Crippen LogP contribution in [0.4, 0.5) is 5.69 Å². The van der Waals surface area contributed by atoms with E-state index in [1.807, 2.05) is 6.08 Å². The molecule has 1 aromatic rings. The normalized spacial score (nSPS) is 45.0. The number of carbonyl (C=O) groups excluding carboxylic acids is 1. The second-order valence-corrected chi connectivity index (χ2v) is 22.6. The fourth-order valence-electron chi connectivity index (χ4n) is 16.4. The first-order valence-electron chi connectivity index (χ1n) is 24.2. The first-order chi connectivity index (χ1) is 28.5. The summed E-state index contributed by atoms with van der Waals surface area (Å²) >= 11 is 0. The minimum absolute atomic E-state index is 0.0720. The molecule has 3 unspecified atom stereocenters. The zero-order valence-electron chi connectivity index (χ0n) is 37.5. The van der Waals surface area contributed by atoms with Gasteiger partial charge in [-0.05, 0) is 190 Å². The van der Waals surface area contributed by atoms with Gasteiger partial charge in [-0.1, -0.05) is 45.4 Å². The van der Waals surface area contributed by atoms with Gasteiger partial charge >= 0.3 is 5.97 Å². The lowest BCUT2D eigenvalue weighted by atomic mass is 9.43. The summed E-state index contributed by atoms with van der Waals surface area (Å²) in [6, 6.07) is 9.17. The third-order valence-electron chi connectivity index (χ3n) is 20.1. The van der Waals surface area contributed by atoms with Crippen LogP contribution in [0.15, 0.2) is 47.1 Å². The molecule has 0 saturated heterocycles. The molecule has 6 fully saturated rings. The number of ketones is 1. The van der Waals surface area contributed by atoms with Crippen LogP contribution in [0, 0.1) is 63.6 Å². The maximum Gasteiger partial charge on any atom is 0.303 e. The summed E-state index contributed by atoms with van der Waals surface area (Å²) in [5.41, 5.74) is 5.78. The van der Waals surface area contributed by atoms with Gasteiger partial charge < -0.3 is 30.1 Å². The van der Waals surface area contributed by atoms with Crippen LogP contribution in [0.25, 0.3) is 0 Å². The van der Waals surface area contributed by atoms with Crippen molar-refractivity contribution in [1.82, 2.24) is 0 Å². The van der Waals surface area contributed by atoms with Gasteiger partial charge in [0.15, 0.2) is 5.78 Å². The Hall–Kier alpha value is -2.52. The number of carboxylic acids is 1. The molecule has 0 spiro atoms. The average Bonchev–Trinajstić information content (AvgIpc) is 3.69. The fourth-order valence-corrected chi connectivity index (χ4v) is 16.4. The summed E-state index contributed by atoms with van der Waals surface area (Å²) in [4.78, 5) is 26.1. The van der Waals surface area contributed by atoms with Crippen LogP contribution in [0.2, 0.25) is 0 Å². The molecule has 0 radical (unpaired) electrons. The van der Waals surface area contributed by atoms with E-state index in [2.05, 4.69) is 70.8 Å². The number of aliphatic hydroxyl groups is 3. The number of rotatable bonds is 10. The van der Waals surface area contributed by atoms with Gasteiger partial charge in [0.25, 0.3) is 0 Å². The monoisotopic (exact) mass is 826 g/mol. The molecular formula is C52H75NO7. The molecule has 1 aromatic carbocycles. The Balaban J connectivity index is 0.832. The largest absolute Gasteiger partial charge is 0.481 e. The summed E-state index contributed by atoms with van der Waals surface area (Å²) in [5.74, 6) is 2.37. The highest BCUT2D eigenvalue weighted by molar-refractivity contribution is 5.93. The second-order valence-electron chi connectivity index (χ2n) is 22.6. The molecule has 9 rings (SSSR count). The number of carbonyl (C=O) groups is 2. The van der Waals surface area contributed by atoms with Crippen LogP contribution in [0.5, 0.6) is 0 Å². The van der Waals surface area contributed by atoms with Crippen molar-refractivity contribution in [3.05, 3.63) is 52.6 Å². The van der Waals surface area contributed by atoms with Crippen molar-refractivity contribution in [3.8, 4) is 0 Å². The molecule has 0 bridgehead atoms. The van der Waals surface area contributed by atoms with Crippen LogP contribution in [0.1, 0.15) is 149 Å². The van der Waals surface area contributed by atoms with E-state index in [4.69, 9.17) is 4.74 Å². The summed E-state index contributed by atoms with van der Waals surface area (Å²) < 4.78 is 6.66. The second kappa shape index (κ2) is 15.6. The molecular weight excluding hydrogens is 751 g/mol. The van der Waals surface area contributed by atoms with Crippen LogP contribution in [-0.4, -0.2) is 76.3 Å². The number of hydrogen-bond donors (Lipinski definition) is 4. The Kier molecular flexibility index (Phi) is 11.1. The number of allylic oxidation sites excluding steroid dienone is 4. The Morgan fingerprint density at radius 2 is 1.68 bits per heavy atom. The van der Waals surface area contributed by atoms with E-state index in [1.165, 1.54) is 22.4 Å². The SMILES string of the molecule is C[C@H](CCC(=O)O)C1CC[C@H]2[C@@H]3[C@H](O)C[C@@H]4C[C@@H](OCCN(C)c5ccc([C@H]6C[C@@]7(C)C(CC[C@]7(C)O)C7CCC8=CC(=O)CCC8=C76)cc5)CC[C@]4(C)[C@H]3C[C@H](O)[C@]12C. The molecule has 330 valence electrons. The van der Waals surface area contributed by atoms with Crippen molar-refractivity contribution >= 4 is 17.4 Å². The topological polar surface area (TPSA) is 128 Å². The Bertz CT molecular complexity index is 1890. The molecule has 16 atom stereocenters. The summed E-state index contributed by atoms with van der Waals surface area (Å²) in [7, 11) is 2.15. The molecule has 6 saturated carbocycles. The van der Waals surface area contributed by atoms with Gasteiger partial charge in [-0.25, -0.2) is 0 Å². The molecule has 0 aromatic heterocycles. The summed E-state index contributed by atoms with van der Waals surface area (Å²) in [5, 5.41) is 45.0. The van der Waals surface area contributed by atoms with E-state index in [0.29, 0.717) is 37.2 Å². The van der Waals surface area contributed by atoms with Gasteiger partial charge in [0, 0.05) is 43.5 Å². The van der Waals surface area contributed by atoms with Crippen LogP contribution >= 0.6 is 0 Å². The summed E-state index contributed by atoms with van der Waals surface area (Å²) in [6.07, 6.45) is 15.1. The van der Waals surface area contributed by atoms with Crippen LogP contribution < -0.4 is 4.90 Å². The fraction of sp³-hybridized carbons (Fsp3) is 0.769. The molecule has 8 nitrogen and oxygen atoms in total. The lowest BCUT2D eigenvalue weighted by Crippen LogP contribution is -2.62. The van der Waals surface area contributed by atoms with Gasteiger partial charge in [-0.15, -0.1) is 0 Å². The van der Waals surface area contributed by atoms with E-state index < -0.39 is 17.7 Å². The lowest BCUT2D eigenvalue weighted by molar-refractivity contribution is -0.209. The minimum atomic E-state index is -0.749. The first kappa shape index (κ1) is 42.8. The lowest BCUT2D eigenvalue weighted by Gasteiger charge is -2.63. The average molecular weight is 826 g/mol. The number of carboxylic acid groups (broad SMARTS) is 1. The van der Waals surface area contributed by atoms with Crippen molar-refractivity contribution in [3.63, 3.8) is 0 Å². The molecule has 0 amide bonds. The molecule has 8 aliphatic carbocycles. The molecule has 60 heavy (non-hydrogen) atoms. The number of likely N-dealkylation sites (N-methyl/N-ethyl adjacent to an activating group) is 1. The maximum atomic E-state index is 12.5. The van der Waals surface area contributed by atoms with Gasteiger partial charge in [0.05, 0.1) is 30.5 Å². The predicted octanol–water partition coefficient (Wildman–Crippen LogP) is 9.26. The van der Waals surface area contributed by atoms with Crippen molar-refractivity contribution in [1.29, 1.82) is 0 Å². The molecule has 4 N–H and O–H groups in total. The number of ether oxygens (including phenoxy) is 1. The van der Waals surface area contributed by atoms with E-state index in [0.717, 1.165) is 90.0 Å². The van der Waals surface area contributed by atoms with Crippen LogP contribution in [-0.2, 0) is 14.3 Å². The zero-order chi connectivity index (χ0) is 42.5. The highest BCUT2D eigenvalue weighted by Crippen LogP contribution is 2.69. The zero-order valence-corrected chi connectivity index (χ0v) is 37.5. The Labute approximate surface area is 359 Å². The predicted molar refractivity (Wildman–Crippen MR) is 234 cm³/mol. The van der Waals surface area contributed by atoms with E-state index in [-0.39, 0.29) is 76.2 Å². The number of hydrogen-bond acceptors (Lipinski definition) is 7. The molecule has 8 aliphatic rings. The van der Waals surface area contributed by atoms with Crippen molar-refractivity contribution in [2.24, 2.45) is 63.6 Å². The third kappa shape index (κ3) is 6.81. The standard InChI is InChI=1S/C52H75NO7/c1-30(7-18-46(57)58)40-16-17-42-48-43(28-45(56)52(40,42)5)49(2)21-19-36(26-33(49)27-44(48)55)60-24-23-53(6)34-11-8-31(9-12-34)39-29-50(3)41(20-22-51(50,4)59)38-14-10-32-25-35(54)13-15-37(32)47(38)39/h8-9,11-12,25,30,33,36,38-45,48,55-56,59H,7,10,13-24,26-29H2,1-6H3,(H,57,58)/t30-,33+,36+,38?,39-,40?,41?,42+,43+,44-,45+,48+,49+,50+,51+,52-/m1/s1. The Morgan fingerprint density at radius 1 is 0.917 bits per heavy atom. The number of nitrogens with zero attached hydrogens (tertiary/aromatic N) is 1. The quantitative estimate of drug-likeness (QED) is 0.184. The van der Waals surface area contributed by atoms with Crippen LogP contribution in [0.3, 0.4) is 0 Å². The van der Waals surface area contributed by atoms with Crippen molar-refractivity contribution < 1.29 is 34.8 Å². The smallest absolute Gasteiger partial charge is 0.303 e. The molecule has 0 aliphatic heterocycles. The minimum Gasteiger partial charge on any atom is -0.481 e. The maximum absolute atomic E-state index is 12.5. The van der Waals surface area contributed by atoms with Gasteiger partial charge in [0.1, 0.15) is 0 Å². The van der Waals surface area contributed by atoms with Crippen molar-refractivity contribution in [2.45, 2.75) is 167 Å². The van der Waals surface area contributed by atoms with Crippen molar-refractivity contribution in [2.75, 3.05) is 25.1 Å². The van der Waals surface area contributed by atoms with E-state index in [9.17, 15) is 30.0 Å². The number of anilines is 1. The molecule has 0 heterocycles. The van der Waals surface area contributed by atoms with Gasteiger partial charge in [0.2, 0.25) is 0 Å². The first-order valence-corrected chi connectivity index (χ1v) is 24.2. The third-order valence-corrected chi connectivity index (χ3v) is 20.1.